The van der Waals surface area contributed by atoms with Crippen molar-refractivity contribution in [3.63, 3.8) is 0 Å². The van der Waals surface area contributed by atoms with Crippen LogP contribution in [0.15, 0.2) is 30.3 Å². The quantitative estimate of drug-likeness (QED) is 0.754. The van der Waals surface area contributed by atoms with Crippen LogP contribution in [0.25, 0.3) is 0 Å². The van der Waals surface area contributed by atoms with E-state index in [0.717, 1.165) is 6.42 Å². The Morgan fingerprint density at radius 3 is 2.45 bits per heavy atom. The van der Waals surface area contributed by atoms with Crippen molar-refractivity contribution < 1.29 is 9.53 Å². The van der Waals surface area contributed by atoms with Crippen molar-refractivity contribution >= 4 is 22.0 Å². The van der Waals surface area contributed by atoms with E-state index < -0.39 is 0 Å². The zero-order valence-electron chi connectivity index (χ0n) is 12.7. The first-order valence-electron chi connectivity index (χ1n) is 6.86. The fourth-order valence-corrected chi connectivity index (χ4v) is 2.03. The van der Waals surface area contributed by atoms with Gasteiger partial charge in [-0.05, 0) is 11.0 Å². The van der Waals surface area contributed by atoms with Gasteiger partial charge in [0.25, 0.3) is 0 Å². The van der Waals surface area contributed by atoms with E-state index in [9.17, 15) is 4.79 Å². The molecule has 0 saturated heterocycles. The summed E-state index contributed by atoms with van der Waals surface area (Å²) in [6.45, 7) is 7.46. The van der Waals surface area contributed by atoms with Crippen LogP contribution < -0.4 is 0 Å². The molecule has 0 N–H and O–H groups in total. The summed E-state index contributed by atoms with van der Waals surface area (Å²) >= 11 is 3.62. The second kappa shape index (κ2) is 7.67. The average Bonchev–Trinajstić information content (AvgIpc) is 2.38. The van der Waals surface area contributed by atoms with Crippen LogP contribution in [0.3, 0.4) is 0 Å². The van der Waals surface area contributed by atoms with E-state index in [2.05, 4.69) is 36.7 Å². The van der Waals surface area contributed by atoms with Gasteiger partial charge in [-0.1, -0.05) is 67.0 Å². The predicted molar refractivity (Wildman–Crippen MR) is 86.3 cm³/mol. The fourth-order valence-electron chi connectivity index (χ4n) is 1.60. The van der Waals surface area contributed by atoms with Crippen molar-refractivity contribution in [2.24, 2.45) is 5.41 Å². The van der Waals surface area contributed by atoms with Crippen molar-refractivity contribution in [1.82, 2.24) is 4.90 Å². The lowest BCUT2D eigenvalue weighted by Crippen LogP contribution is -2.37. The third-order valence-electron chi connectivity index (χ3n) is 3.14. The molecule has 20 heavy (non-hydrogen) atoms. The molecule has 0 bridgehead atoms. The van der Waals surface area contributed by atoms with Crippen LogP contribution in [-0.4, -0.2) is 36.0 Å². The summed E-state index contributed by atoms with van der Waals surface area (Å²) in [5.41, 5.74) is 1.29. The molecule has 3 nitrogen and oxygen atoms in total. The summed E-state index contributed by atoms with van der Waals surface area (Å²) in [5, 5.41) is 0. The second-order valence-electron chi connectivity index (χ2n) is 6.06. The highest BCUT2D eigenvalue weighted by Crippen LogP contribution is 2.26. The van der Waals surface area contributed by atoms with Crippen LogP contribution in [0.5, 0.6) is 0 Å². The molecule has 1 aromatic carbocycles. The maximum atomic E-state index is 11.9. The van der Waals surface area contributed by atoms with Crippen LogP contribution in [-0.2, 0) is 11.2 Å². The lowest BCUT2D eigenvalue weighted by molar-refractivity contribution is 0.109. The van der Waals surface area contributed by atoms with Crippen molar-refractivity contribution in [2.75, 3.05) is 20.2 Å². The molecule has 0 saturated carbocycles. The highest BCUT2D eigenvalue weighted by Gasteiger charge is 2.25. The second-order valence-corrected chi connectivity index (χ2v) is 7.17. The number of carbonyl (C=O) groups excluding carboxylic acids is 1. The van der Waals surface area contributed by atoms with Gasteiger partial charge in [-0.3, -0.25) is 0 Å². The summed E-state index contributed by atoms with van der Waals surface area (Å²) in [4.78, 5) is 13.7. The minimum Gasteiger partial charge on any atom is -0.449 e. The van der Waals surface area contributed by atoms with Crippen LogP contribution in [0.2, 0.25) is 0 Å². The molecule has 0 aliphatic rings. The molecule has 112 valence electrons. The van der Waals surface area contributed by atoms with E-state index in [1.807, 2.05) is 30.3 Å². The first-order chi connectivity index (χ1) is 9.30. The normalized spacial score (nSPS) is 12.8. The number of rotatable bonds is 5. The molecule has 1 rings (SSSR count). The average molecular weight is 342 g/mol. The number of carbonyl (C=O) groups is 1. The predicted octanol–water partition coefficient (Wildman–Crippen LogP) is 4.11. The van der Waals surface area contributed by atoms with E-state index >= 15 is 0 Å². The lowest BCUT2D eigenvalue weighted by Gasteiger charge is -2.29. The van der Waals surface area contributed by atoms with Crippen LogP contribution >= 0.6 is 15.9 Å². The maximum absolute atomic E-state index is 11.9. The van der Waals surface area contributed by atoms with Crippen molar-refractivity contribution in [3.05, 3.63) is 35.9 Å². The lowest BCUT2D eigenvalue weighted by atomic mass is 9.92. The Morgan fingerprint density at radius 2 is 1.90 bits per heavy atom. The number of alkyl halides is 1. The number of hydrogen-bond acceptors (Lipinski definition) is 2. The van der Waals surface area contributed by atoms with Gasteiger partial charge >= 0.3 is 6.09 Å². The van der Waals surface area contributed by atoms with E-state index in [4.69, 9.17) is 4.74 Å². The first kappa shape index (κ1) is 17.0. The summed E-state index contributed by atoms with van der Waals surface area (Å²) in [7, 11) is 1.77. The molecule has 0 radical (unpaired) electrons. The largest absolute Gasteiger partial charge is 0.449 e. The van der Waals surface area contributed by atoms with Gasteiger partial charge in [0.15, 0.2) is 0 Å². The third-order valence-corrected chi connectivity index (χ3v) is 4.81. The van der Waals surface area contributed by atoms with Gasteiger partial charge in [0, 0.05) is 24.8 Å². The molecule has 0 spiro atoms. The highest BCUT2D eigenvalue weighted by molar-refractivity contribution is 9.09. The van der Waals surface area contributed by atoms with E-state index in [1.165, 1.54) is 5.56 Å². The molecule has 0 aliphatic heterocycles. The van der Waals surface area contributed by atoms with Crippen LogP contribution in [0.1, 0.15) is 26.3 Å². The SMILES string of the molecule is CN(CC(Br)C(C)(C)C)C(=O)OCCc1ccccc1. The molecular formula is C16H24BrNO2. The van der Waals surface area contributed by atoms with E-state index in [-0.39, 0.29) is 16.3 Å². The van der Waals surface area contributed by atoms with Crippen LogP contribution in [0.4, 0.5) is 4.79 Å². The van der Waals surface area contributed by atoms with Crippen molar-refractivity contribution in [1.29, 1.82) is 0 Å². The molecule has 1 unspecified atom stereocenters. The standard InChI is InChI=1S/C16H24BrNO2/c1-16(2,3)14(17)12-18(4)15(19)20-11-10-13-8-6-5-7-9-13/h5-9,14H,10-12H2,1-4H3. The van der Waals surface area contributed by atoms with Gasteiger partial charge in [-0.25, -0.2) is 4.79 Å². The van der Waals surface area contributed by atoms with Gasteiger partial charge in [0.1, 0.15) is 0 Å². The maximum Gasteiger partial charge on any atom is 0.409 e. The first-order valence-corrected chi connectivity index (χ1v) is 7.78. The number of halogens is 1. The van der Waals surface area contributed by atoms with Gasteiger partial charge in [-0.15, -0.1) is 0 Å². The summed E-state index contributed by atoms with van der Waals surface area (Å²) in [5.74, 6) is 0. The number of amides is 1. The Bertz CT molecular complexity index is 414. The smallest absolute Gasteiger partial charge is 0.409 e. The third kappa shape index (κ3) is 5.95. The molecule has 0 heterocycles. The molecule has 0 aromatic heterocycles. The van der Waals surface area contributed by atoms with Crippen LogP contribution in [0, 0.1) is 5.41 Å². The van der Waals surface area contributed by atoms with E-state index in [0.29, 0.717) is 13.2 Å². The van der Waals surface area contributed by atoms with Gasteiger partial charge in [-0.2, -0.15) is 0 Å². The van der Waals surface area contributed by atoms with Gasteiger partial charge < -0.3 is 9.64 Å². The summed E-state index contributed by atoms with van der Waals surface area (Å²) < 4.78 is 5.29. The van der Waals surface area contributed by atoms with Gasteiger partial charge in [0.2, 0.25) is 0 Å². The number of benzene rings is 1. The van der Waals surface area contributed by atoms with Gasteiger partial charge in [0.05, 0.1) is 6.61 Å². The number of ether oxygens (including phenoxy) is 1. The summed E-state index contributed by atoms with van der Waals surface area (Å²) in [6.07, 6.45) is 0.479. The van der Waals surface area contributed by atoms with E-state index in [1.54, 1.807) is 11.9 Å². The molecule has 0 fully saturated rings. The van der Waals surface area contributed by atoms with Crippen molar-refractivity contribution in [3.8, 4) is 0 Å². The zero-order valence-corrected chi connectivity index (χ0v) is 14.3. The molecule has 0 aliphatic carbocycles. The molecule has 1 atom stereocenters. The van der Waals surface area contributed by atoms with Crippen molar-refractivity contribution in [2.45, 2.75) is 32.0 Å². The number of hydrogen-bond donors (Lipinski definition) is 0. The zero-order chi connectivity index (χ0) is 15.2. The monoisotopic (exact) mass is 341 g/mol. The number of nitrogens with zero attached hydrogens (tertiary/aromatic N) is 1. The Kier molecular flexibility index (Phi) is 6.53. The Morgan fingerprint density at radius 1 is 1.30 bits per heavy atom. The Balaban J connectivity index is 2.32. The summed E-state index contributed by atoms with van der Waals surface area (Å²) in [6, 6.07) is 10.0. The minimum atomic E-state index is -0.269. The molecular weight excluding hydrogens is 318 g/mol. The minimum absolute atomic E-state index is 0.110. The fraction of sp³-hybridized carbons (Fsp3) is 0.562. The molecule has 1 aromatic rings. The topological polar surface area (TPSA) is 29.5 Å². The Hall–Kier alpha value is -1.03. The Labute approximate surface area is 130 Å². The molecule has 4 heteroatoms. The molecule has 1 amide bonds. The highest BCUT2D eigenvalue weighted by atomic mass is 79.9.